The largest absolute Gasteiger partial charge is 0.460 e. The van der Waals surface area contributed by atoms with Crippen LogP contribution in [0.15, 0.2) is 0 Å². The van der Waals surface area contributed by atoms with Crippen LogP contribution < -0.4 is 0 Å². The Hall–Kier alpha value is -0.780. The number of rotatable bonds is 7. The fourth-order valence-corrected chi connectivity index (χ4v) is 1.59. The summed E-state index contributed by atoms with van der Waals surface area (Å²) in [7, 11) is 0. The first kappa shape index (κ1) is 15.3. The highest BCUT2D eigenvalue weighted by Crippen LogP contribution is 2.23. The van der Waals surface area contributed by atoms with E-state index in [1.165, 1.54) is 4.57 Å². The van der Waals surface area contributed by atoms with Crippen molar-refractivity contribution in [3.8, 4) is 0 Å². The fraction of sp³-hybridized carbons (Fsp3) is 0.636. The van der Waals surface area contributed by atoms with Gasteiger partial charge in [0.1, 0.15) is 11.9 Å². The van der Waals surface area contributed by atoms with Gasteiger partial charge in [-0.25, -0.2) is 9.78 Å². The predicted octanol–water partition coefficient (Wildman–Crippen LogP) is 3.14. The van der Waals surface area contributed by atoms with Gasteiger partial charge in [0, 0.05) is 6.61 Å². The first-order valence-electron chi connectivity index (χ1n) is 5.78. The molecule has 1 aromatic heterocycles. The summed E-state index contributed by atoms with van der Waals surface area (Å²) < 4.78 is 11.7. The van der Waals surface area contributed by atoms with Gasteiger partial charge in [-0.15, -0.1) is 0 Å². The minimum Gasteiger partial charge on any atom is -0.460 e. The fourth-order valence-electron chi connectivity index (χ4n) is 1.23. The second kappa shape index (κ2) is 7.61. The minimum absolute atomic E-state index is 0.0644. The van der Waals surface area contributed by atoms with Crippen LogP contribution in [0, 0.1) is 0 Å². The summed E-state index contributed by atoms with van der Waals surface area (Å²) in [6.07, 6.45) is 1.75. The molecule has 0 aliphatic heterocycles. The third kappa shape index (κ3) is 3.86. The van der Waals surface area contributed by atoms with Crippen molar-refractivity contribution in [1.82, 2.24) is 9.55 Å². The van der Waals surface area contributed by atoms with E-state index < -0.39 is 5.97 Å². The molecule has 0 saturated carbocycles. The summed E-state index contributed by atoms with van der Waals surface area (Å²) in [4.78, 5) is 15.7. The van der Waals surface area contributed by atoms with Crippen LogP contribution in [0.4, 0.5) is 0 Å². The molecule has 18 heavy (non-hydrogen) atoms. The van der Waals surface area contributed by atoms with Crippen molar-refractivity contribution in [3.05, 3.63) is 16.1 Å². The normalized spacial score (nSPS) is 10.7. The lowest BCUT2D eigenvalue weighted by molar-refractivity contribution is 0.0440. The predicted molar refractivity (Wildman–Crippen MR) is 69.1 cm³/mol. The number of unbranched alkanes of at least 4 members (excludes halogenated alkanes) is 1. The van der Waals surface area contributed by atoms with Crippen LogP contribution in [0.2, 0.25) is 10.3 Å². The zero-order valence-corrected chi connectivity index (χ0v) is 11.9. The first-order valence-corrected chi connectivity index (χ1v) is 6.53. The summed E-state index contributed by atoms with van der Waals surface area (Å²) >= 11 is 11.7. The molecule has 1 rings (SSSR count). The number of aromatic nitrogens is 2. The molecule has 0 spiro atoms. The summed E-state index contributed by atoms with van der Waals surface area (Å²) in [6.45, 7) is 4.82. The maximum Gasteiger partial charge on any atom is 0.374 e. The highest BCUT2D eigenvalue weighted by Gasteiger charge is 2.21. The van der Waals surface area contributed by atoms with Crippen LogP contribution in [-0.4, -0.2) is 28.7 Å². The molecule has 0 saturated heterocycles. The Morgan fingerprint density at radius 2 is 2.11 bits per heavy atom. The number of hydrogen-bond donors (Lipinski definition) is 0. The SMILES string of the molecule is CCCCOC(=O)c1nc(Cl)c(Cl)n1COCC. The number of esters is 1. The lowest BCUT2D eigenvalue weighted by Gasteiger charge is -2.08. The van der Waals surface area contributed by atoms with Gasteiger partial charge in [-0.1, -0.05) is 36.5 Å². The molecular formula is C11H16Cl2N2O3. The van der Waals surface area contributed by atoms with Gasteiger partial charge in [0.05, 0.1) is 6.61 Å². The van der Waals surface area contributed by atoms with Crippen molar-refractivity contribution in [2.24, 2.45) is 0 Å². The van der Waals surface area contributed by atoms with Gasteiger partial charge >= 0.3 is 5.97 Å². The lowest BCUT2D eigenvalue weighted by atomic mass is 10.4. The Labute approximate surface area is 116 Å². The van der Waals surface area contributed by atoms with Gasteiger partial charge in [0.2, 0.25) is 5.82 Å². The third-order valence-corrected chi connectivity index (χ3v) is 2.95. The average Bonchev–Trinajstić information content (AvgIpc) is 2.64. The van der Waals surface area contributed by atoms with Crippen LogP contribution >= 0.6 is 23.2 Å². The van der Waals surface area contributed by atoms with Crippen molar-refractivity contribution in [2.45, 2.75) is 33.4 Å². The van der Waals surface area contributed by atoms with Gasteiger partial charge < -0.3 is 9.47 Å². The van der Waals surface area contributed by atoms with Crippen molar-refractivity contribution in [2.75, 3.05) is 13.2 Å². The van der Waals surface area contributed by atoms with E-state index in [-0.39, 0.29) is 22.9 Å². The third-order valence-electron chi connectivity index (χ3n) is 2.21. The Bertz CT molecular complexity index is 407. The Balaban J connectivity index is 2.79. The Morgan fingerprint density at radius 1 is 1.39 bits per heavy atom. The molecule has 1 aromatic rings. The van der Waals surface area contributed by atoms with Gasteiger partial charge in [0.25, 0.3) is 0 Å². The standard InChI is InChI=1S/C11H16Cl2N2O3/c1-3-5-6-18-11(16)10-14-8(12)9(13)15(10)7-17-4-2/h3-7H2,1-2H3. The smallest absolute Gasteiger partial charge is 0.374 e. The monoisotopic (exact) mass is 294 g/mol. The molecule has 0 aromatic carbocycles. The summed E-state index contributed by atoms with van der Waals surface area (Å²) in [6, 6.07) is 0. The number of carbonyl (C=O) groups excluding carboxylic acids is 1. The van der Waals surface area contributed by atoms with E-state index in [1.807, 2.05) is 13.8 Å². The number of halogens is 2. The Kier molecular flexibility index (Phi) is 6.46. The number of nitrogens with zero attached hydrogens (tertiary/aromatic N) is 2. The van der Waals surface area contributed by atoms with Crippen molar-refractivity contribution < 1.29 is 14.3 Å². The van der Waals surface area contributed by atoms with Crippen LogP contribution in [-0.2, 0) is 16.2 Å². The second-order valence-corrected chi connectivity index (χ2v) is 4.27. The van der Waals surface area contributed by atoms with Gasteiger partial charge in [0.15, 0.2) is 5.15 Å². The molecule has 0 atom stereocenters. The van der Waals surface area contributed by atoms with Crippen LogP contribution in [0.25, 0.3) is 0 Å². The van der Waals surface area contributed by atoms with Gasteiger partial charge in [-0.2, -0.15) is 0 Å². The quantitative estimate of drug-likeness (QED) is 0.573. The molecule has 0 amide bonds. The first-order chi connectivity index (χ1) is 8.61. The summed E-state index contributed by atoms with van der Waals surface area (Å²) in [5.74, 6) is -0.480. The molecule has 0 bridgehead atoms. The van der Waals surface area contributed by atoms with E-state index in [0.29, 0.717) is 13.2 Å². The van der Waals surface area contributed by atoms with Crippen molar-refractivity contribution in [1.29, 1.82) is 0 Å². The summed E-state index contributed by atoms with van der Waals surface area (Å²) in [5.41, 5.74) is 0. The zero-order chi connectivity index (χ0) is 13.5. The second-order valence-electron chi connectivity index (χ2n) is 3.56. The van der Waals surface area contributed by atoms with E-state index in [2.05, 4.69) is 4.98 Å². The molecule has 102 valence electrons. The highest BCUT2D eigenvalue weighted by atomic mass is 35.5. The van der Waals surface area contributed by atoms with Crippen molar-refractivity contribution in [3.63, 3.8) is 0 Å². The van der Waals surface area contributed by atoms with Crippen LogP contribution in [0.5, 0.6) is 0 Å². The number of hydrogen-bond acceptors (Lipinski definition) is 4. The van der Waals surface area contributed by atoms with Crippen LogP contribution in [0.1, 0.15) is 37.3 Å². The van der Waals surface area contributed by atoms with E-state index in [0.717, 1.165) is 12.8 Å². The molecule has 0 radical (unpaired) electrons. The van der Waals surface area contributed by atoms with Crippen molar-refractivity contribution >= 4 is 29.2 Å². The van der Waals surface area contributed by atoms with E-state index >= 15 is 0 Å². The molecule has 0 N–H and O–H groups in total. The lowest BCUT2D eigenvalue weighted by Crippen LogP contribution is -2.15. The zero-order valence-electron chi connectivity index (χ0n) is 10.4. The average molecular weight is 295 g/mol. The van der Waals surface area contributed by atoms with Gasteiger partial charge in [-0.05, 0) is 13.3 Å². The maximum atomic E-state index is 11.8. The molecular weight excluding hydrogens is 279 g/mol. The maximum absolute atomic E-state index is 11.8. The molecule has 0 unspecified atom stereocenters. The molecule has 1 heterocycles. The highest BCUT2D eigenvalue weighted by molar-refractivity contribution is 6.40. The molecule has 7 heteroatoms. The van der Waals surface area contributed by atoms with Crippen LogP contribution in [0.3, 0.4) is 0 Å². The molecule has 5 nitrogen and oxygen atoms in total. The topological polar surface area (TPSA) is 53.3 Å². The number of ether oxygens (including phenoxy) is 2. The van der Waals surface area contributed by atoms with E-state index in [4.69, 9.17) is 32.7 Å². The van der Waals surface area contributed by atoms with E-state index in [1.54, 1.807) is 0 Å². The Morgan fingerprint density at radius 3 is 2.72 bits per heavy atom. The number of carbonyl (C=O) groups is 1. The molecule has 0 aliphatic rings. The summed E-state index contributed by atoms with van der Waals surface area (Å²) in [5, 5.41) is 0.242. The number of imidazole rings is 1. The van der Waals surface area contributed by atoms with E-state index in [9.17, 15) is 4.79 Å². The minimum atomic E-state index is -0.544. The molecule has 0 aliphatic carbocycles. The molecule has 0 fully saturated rings. The van der Waals surface area contributed by atoms with Gasteiger partial charge in [-0.3, -0.25) is 4.57 Å².